The van der Waals surface area contributed by atoms with Gasteiger partial charge in [-0.25, -0.2) is 0 Å². The molecule has 2 aromatic carbocycles. The number of carbonyl (C=O) groups is 1. The highest BCUT2D eigenvalue weighted by molar-refractivity contribution is 9.10. The highest BCUT2D eigenvalue weighted by Crippen LogP contribution is 2.33. The summed E-state index contributed by atoms with van der Waals surface area (Å²) in [6.07, 6.45) is 1.49. The van der Waals surface area contributed by atoms with Gasteiger partial charge in [-0.1, -0.05) is 39.7 Å². The zero-order chi connectivity index (χ0) is 20.1. The Kier molecular flexibility index (Phi) is 6.66. The van der Waals surface area contributed by atoms with Gasteiger partial charge in [0.2, 0.25) is 5.91 Å². The van der Waals surface area contributed by atoms with Crippen LogP contribution in [0.3, 0.4) is 0 Å². The lowest BCUT2D eigenvalue weighted by molar-refractivity contribution is -0.384. The smallest absolute Gasteiger partial charge is 0.271 e. The van der Waals surface area contributed by atoms with Gasteiger partial charge >= 0.3 is 0 Å². The quantitative estimate of drug-likeness (QED) is 0.488. The molecule has 9 heteroatoms. The van der Waals surface area contributed by atoms with Gasteiger partial charge in [0, 0.05) is 35.4 Å². The Morgan fingerprint density at radius 3 is 2.64 bits per heavy atom. The summed E-state index contributed by atoms with van der Waals surface area (Å²) in [5.41, 5.74) is 0.935. The lowest BCUT2D eigenvalue weighted by atomic mass is 9.82. The summed E-state index contributed by atoms with van der Waals surface area (Å²) < 4.78 is 6.47. The minimum Gasteiger partial charge on any atom is -0.381 e. The molecule has 2 aromatic rings. The number of non-ortho nitro benzene ring substituents is 1. The number of nitro benzene ring substituents is 1. The molecule has 1 amide bonds. The number of hydrogen-bond acceptors (Lipinski definition) is 5. The van der Waals surface area contributed by atoms with Crippen LogP contribution in [-0.2, 0) is 15.1 Å². The summed E-state index contributed by atoms with van der Waals surface area (Å²) in [6, 6.07) is 12.0. The van der Waals surface area contributed by atoms with Crippen molar-refractivity contribution >= 4 is 44.8 Å². The van der Waals surface area contributed by atoms with E-state index >= 15 is 0 Å². The summed E-state index contributed by atoms with van der Waals surface area (Å²) >= 11 is 9.55. The molecule has 0 spiro atoms. The van der Waals surface area contributed by atoms with Gasteiger partial charge in [0.05, 0.1) is 22.2 Å². The van der Waals surface area contributed by atoms with E-state index in [1.165, 1.54) is 18.2 Å². The van der Waals surface area contributed by atoms with Gasteiger partial charge in [-0.3, -0.25) is 20.2 Å². The molecule has 0 atom stereocenters. The molecule has 3 rings (SSSR count). The molecule has 0 bridgehead atoms. The van der Waals surface area contributed by atoms with Crippen molar-refractivity contribution in [3.63, 3.8) is 0 Å². The van der Waals surface area contributed by atoms with Gasteiger partial charge in [0.1, 0.15) is 0 Å². The average Bonchev–Trinajstić information content (AvgIpc) is 2.68. The van der Waals surface area contributed by atoms with Gasteiger partial charge in [-0.2, -0.15) is 0 Å². The third kappa shape index (κ3) is 4.88. The number of anilines is 1. The molecular weight excluding hydrogens is 450 g/mol. The molecule has 1 aliphatic heterocycles. The summed E-state index contributed by atoms with van der Waals surface area (Å²) in [5, 5.41) is 17.0. The first-order valence-electron chi connectivity index (χ1n) is 8.72. The number of benzene rings is 2. The van der Waals surface area contributed by atoms with Crippen LogP contribution in [0.5, 0.6) is 0 Å². The molecule has 2 N–H and O–H groups in total. The SMILES string of the molecule is O=C(CNC1(c2cccc(Br)c2)CCOCC1)Nc1ccc([N+](=O)[O-])cc1Cl. The molecule has 0 aromatic heterocycles. The Labute approximate surface area is 175 Å². The number of hydrogen-bond donors (Lipinski definition) is 2. The van der Waals surface area contributed by atoms with Crippen molar-refractivity contribution in [1.82, 2.24) is 5.32 Å². The van der Waals surface area contributed by atoms with Crippen LogP contribution in [0.2, 0.25) is 5.02 Å². The van der Waals surface area contributed by atoms with Crippen LogP contribution in [0.15, 0.2) is 46.9 Å². The van der Waals surface area contributed by atoms with Gasteiger partial charge in [0.15, 0.2) is 0 Å². The van der Waals surface area contributed by atoms with Crippen molar-refractivity contribution in [1.29, 1.82) is 0 Å². The van der Waals surface area contributed by atoms with Crippen molar-refractivity contribution in [2.24, 2.45) is 0 Å². The minimum absolute atomic E-state index is 0.0693. The molecule has 0 aliphatic carbocycles. The molecule has 0 saturated carbocycles. The van der Waals surface area contributed by atoms with E-state index in [2.05, 4.69) is 26.6 Å². The van der Waals surface area contributed by atoms with E-state index in [4.69, 9.17) is 16.3 Å². The zero-order valence-electron chi connectivity index (χ0n) is 14.9. The number of amides is 1. The van der Waals surface area contributed by atoms with Crippen molar-refractivity contribution in [3.8, 4) is 0 Å². The molecule has 7 nitrogen and oxygen atoms in total. The van der Waals surface area contributed by atoms with Crippen LogP contribution < -0.4 is 10.6 Å². The second kappa shape index (κ2) is 9.00. The second-order valence-electron chi connectivity index (χ2n) is 6.53. The highest BCUT2D eigenvalue weighted by atomic mass is 79.9. The molecule has 148 valence electrons. The lowest BCUT2D eigenvalue weighted by Crippen LogP contribution is -2.49. The van der Waals surface area contributed by atoms with E-state index < -0.39 is 4.92 Å². The third-order valence-electron chi connectivity index (χ3n) is 4.75. The first-order chi connectivity index (χ1) is 13.4. The zero-order valence-corrected chi connectivity index (χ0v) is 17.3. The van der Waals surface area contributed by atoms with Gasteiger partial charge in [-0.15, -0.1) is 0 Å². The molecular formula is C19H19BrClN3O4. The van der Waals surface area contributed by atoms with Crippen LogP contribution in [0.4, 0.5) is 11.4 Å². The molecule has 28 heavy (non-hydrogen) atoms. The van der Waals surface area contributed by atoms with E-state index in [1.807, 2.05) is 24.3 Å². The molecule has 1 aliphatic rings. The van der Waals surface area contributed by atoms with Crippen molar-refractivity contribution < 1.29 is 14.5 Å². The van der Waals surface area contributed by atoms with Crippen molar-refractivity contribution in [2.45, 2.75) is 18.4 Å². The van der Waals surface area contributed by atoms with E-state index in [0.717, 1.165) is 22.9 Å². The summed E-state index contributed by atoms with van der Waals surface area (Å²) in [6.45, 7) is 1.28. The number of nitrogens with zero attached hydrogens (tertiary/aromatic N) is 1. The molecule has 1 fully saturated rings. The third-order valence-corrected chi connectivity index (χ3v) is 5.55. The molecule has 1 heterocycles. The fourth-order valence-electron chi connectivity index (χ4n) is 3.24. The maximum Gasteiger partial charge on any atom is 0.271 e. The second-order valence-corrected chi connectivity index (χ2v) is 7.85. The number of rotatable bonds is 6. The predicted molar refractivity (Wildman–Crippen MR) is 111 cm³/mol. The first kappa shape index (κ1) is 20.7. The normalized spacial score (nSPS) is 15.8. The van der Waals surface area contributed by atoms with E-state index in [0.29, 0.717) is 18.9 Å². The van der Waals surface area contributed by atoms with E-state index in [-0.39, 0.29) is 28.7 Å². The average molecular weight is 469 g/mol. The highest BCUT2D eigenvalue weighted by Gasteiger charge is 2.34. The van der Waals surface area contributed by atoms with Gasteiger partial charge in [-0.05, 0) is 36.6 Å². The fourth-order valence-corrected chi connectivity index (χ4v) is 3.86. The number of ether oxygens (including phenoxy) is 1. The molecule has 0 unspecified atom stereocenters. The van der Waals surface area contributed by atoms with Crippen LogP contribution in [-0.4, -0.2) is 30.6 Å². The Hall–Kier alpha value is -2.00. The Bertz CT molecular complexity index is 887. The van der Waals surface area contributed by atoms with Crippen LogP contribution in [0.25, 0.3) is 0 Å². The standard InChI is InChI=1S/C19H19BrClN3O4/c20-14-3-1-2-13(10-14)19(6-8-28-9-7-19)22-12-18(25)23-17-5-4-15(24(26)27)11-16(17)21/h1-5,10-11,22H,6-9,12H2,(H,23,25). The Balaban J connectivity index is 1.70. The van der Waals surface area contributed by atoms with Crippen LogP contribution in [0, 0.1) is 10.1 Å². The van der Waals surface area contributed by atoms with Crippen LogP contribution >= 0.6 is 27.5 Å². The van der Waals surface area contributed by atoms with Gasteiger partial charge < -0.3 is 10.1 Å². The topological polar surface area (TPSA) is 93.5 Å². The van der Waals surface area contributed by atoms with Gasteiger partial charge in [0.25, 0.3) is 5.69 Å². The fraction of sp³-hybridized carbons (Fsp3) is 0.316. The largest absolute Gasteiger partial charge is 0.381 e. The monoisotopic (exact) mass is 467 g/mol. The predicted octanol–water partition coefficient (Wildman–Crippen LogP) is 4.24. The van der Waals surface area contributed by atoms with E-state index in [9.17, 15) is 14.9 Å². The molecule has 0 radical (unpaired) electrons. The number of nitro groups is 1. The summed E-state index contributed by atoms with van der Waals surface area (Å²) in [7, 11) is 0. The maximum atomic E-state index is 12.5. The molecule has 1 saturated heterocycles. The number of carbonyl (C=O) groups excluding carboxylic acids is 1. The minimum atomic E-state index is -0.536. The van der Waals surface area contributed by atoms with Crippen LogP contribution in [0.1, 0.15) is 18.4 Å². The Morgan fingerprint density at radius 1 is 1.25 bits per heavy atom. The number of nitrogens with one attached hydrogen (secondary N) is 2. The lowest BCUT2D eigenvalue weighted by Gasteiger charge is -2.38. The summed E-state index contributed by atoms with van der Waals surface area (Å²) in [4.78, 5) is 22.7. The van der Waals surface area contributed by atoms with E-state index in [1.54, 1.807) is 0 Å². The van der Waals surface area contributed by atoms with Crippen molar-refractivity contribution in [3.05, 3.63) is 67.6 Å². The first-order valence-corrected chi connectivity index (χ1v) is 9.89. The maximum absolute atomic E-state index is 12.5. The Morgan fingerprint density at radius 2 is 2.00 bits per heavy atom. The number of halogens is 2. The summed E-state index contributed by atoms with van der Waals surface area (Å²) in [5.74, 6) is -0.281. The van der Waals surface area contributed by atoms with Crippen molar-refractivity contribution in [2.75, 3.05) is 25.1 Å².